The topological polar surface area (TPSA) is 37.8 Å². The van der Waals surface area contributed by atoms with Crippen molar-refractivity contribution in [3.8, 4) is 33.6 Å². The molecule has 63 heavy (non-hydrogen) atoms. The van der Waals surface area contributed by atoms with Gasteiger partial charge >= 0.3 is 0 Å². The molecule has 3 unspecified atom stereocenters. The predicted molar refractivity (Wildman–Crippen MR) is 258 cm³/mol. The van der Waals surface area contributed by atoms with Crippen LogP contribution < -0.4 is 5.32 Å². The molecule has 13 rings (SSSR count). The van der Waals surface area contributed by atoms with Crippen LogP contribution in [0.5, 0.6) is 0 Å². The molecule has 5 aromatic carbocycles. The Morgan fingerprint density at radius 3 is 2.14 bits per heavy atom. The lowest BCUT2D eigenvalue weighted by Gasteiger charge is -2.38. The Morgan fingerprint density at radius 2 is 1.35 bits per heavy atom. The number of hydrogen-bond acceptors (Lipinski definition) is 3. The first kappa shape index (κ1) is 36.1. The van der Waals surface area contributed by atoms with E-state index in [9.17, 15) is 0 Å². The van der Waals surface area contributed by atoms with Crippen LogP contribution in [0, 0.1) is 5.92 Å². The zero-order valence-corrected chi connectivity index (χ0v) is 34.9. The number of benzene rings is 5. The van der Waals surface area contributed by atoms with Crippen LogP contribution in [0.2, 0.25) is 0 Å². The van der Waals surface area contributed by atoms with E-state index in [1.54, 1.807) is 0 Å². The highest BCUT2D eigenvalue weighted by atomic mass is 14.9. The zero-order chi connectivity index (χ0) is 41.5. The van der Waals surface area contributed by atoms with E-state index in [4.69, 9.17) is 9.97 Å². The molecule has 1 aromatic heterocycles. The van der Waals surface area contributed by atoms with Gasteiger partial charge in [0.25, 0.3) is 0 Å². The number of hydrogen-bond donors (Lipinski definition) is 1. The molecular weight excluding hydrogens is 763 g/mol. The van der Waals surface area contributed by atoms with Crippen LogP contribution in [-0.4, -0.2) is 9.97 Å². The van der Waals surface area contributed by atoms with E-state index in [0.717, 1.165) is 66.0 Å². The Labute approximate surface area is 368 Å². The average Bonchev–Trinajstić information content (AvgIpc) is 3.84. The van der Waals surface area contributed by atoms with Crippen molar-refractivity contribution in [3.63, 3.8) is 0 Å². The first-order chi connectivity index (χ1) is 31.3. The van der Waals surface area contributed by atoms with Gasteiger partial charge in [-0.05, 0) is 112 Å². The maximum atomic E-state index is 5.47. The van der Waals surface area contributed by atoms with Gasteiger partial charge in [0.2, 0.25) is 0 Å². The molecule has 1 spiro atoms. The fourth-order valence-corrected chi connectivity index (χ4v) is 11.7. The van der Waals surface area contributed by atoms with Crippen LogP contribution in [0.15, 0.2) is 205 Å². The Kier molecular flexibility index (Phi) is 8.18. The number of para-hydroxylation sites is 1. The second kappa shape index (κ2) is 14.3. The van der Waals surface area contributed by atoms with Gasteiger partial charge < -0.3 is 5.32 Å². The lowest BCUT2D eigenvalue weighted by atomic mass is 9.67. The van der Waals surface area contributed by atoms with E-state index in [-0.39, 0.29) is 12.0 Å². The molecule has 0 amide bonds. The van der Waals surface area contributed by atoms with Gasteiger partial charge in [-0.15, -0.1) is 0 Å². The quantitative estimate of drug-likeness (QED) is 0.176. The molecule has 0 fully saturated rings. The highest BCUT2D eigenvalue weighted by molar-refractivity contribution is 6.06. The summed E-state index contributed by atoms with van der Waals surface area (Å²) in [6.07, 6.45) is 27.4. The molecule has 0 radical (unpaired) electrons. The summed E-state index contributed by atoms with van der Waals surface area (Å²) in [5, 5.41) is 4.13. The average molecular weight is 806 g/mol. The summed E-state index contributed by atoms with van der Waals surface area (Å²) < 4.78 is 0. The summed E-state index contributed by atoms with van der Waals surface area (Å²) in [6, 6.07) is 44.4. The van der Waals surface area contributed by atoms with Gasteiger partial charge in [-0.25, -0.2) is 9.97 Å². The molecule has 2 heterocycles. The normalized spacial score (nSPS) is 21.7. The molecule has 6 aromatic rings. The molecule has 3 atom stereocenters. The van der Waals surface area contributed by atoms with Gasteiger partial charge in [0.05, 0.1) is 22.8 Å². The summed E-state index contributed by atoms with van der Waals surface area (Å²) in [4.78, 5) is 10.9. The van der Waals surface area contributed by atoms with Gasteiger partial charge in [0, 0.05) is 39.4 Å². The lowest BCUT2D eigenvalue weighted by Crippen LogP contribution is -2.29. The van der Waals surface area contributed by atoms with Crippen LogP contribution in [-0.2, 0) is 5.41 Å². The lowest BCUT2D eigenvalue weighted by molar-refractivity contribution is 0.560. The highest BCUT2D eigenvalue weighted by Crippen LogP contribution is 2.66. The molecule has 7 aliphatic rings. The number of nitrogens with zero attached hydrogens (tertiary/aromatic N) is 2. The maximum Gasteiger partial charge on any atom is 0.156 e. The minimum absolute atomic E-state index is 0.0242. The Balaban J connectivity index is 0.990. The molecule has 0 saturated carbocycles. The van der Waals surface area contributed by atoms with E-state index in [1.807, 2.05) is 6.08 Å². The molecule has 0 bridgehead atoms. The molecule has 298 valence electrons. The summed E-state index contributed by atoms with van der Waals surface area (Å²) in [5.74, 6) is 0.957. The van der Waals surface area contributed by atoms with Gasteiger partial charge in [-0.2, -0.15) is 0 Å². The fourth-order valence-electron chi connectivity index (χ4n) is 11.7. The molecular formula is C60H43N3. The number of aromatic nitrogens is 2. The summed E-state index contributed by atoms with van der Waals surface area (Å²) in [5.41, 5.74) is 30.4. The van der Waals surface area contributed by atoms with E-state index in [2.05, 4.69) is 193 Å². The van der Waals surface area contributed by atoms with Gasteiger partial charge in [0.15, 0.2) is 5.82 Å². The zero-order valence-electron chi connectivity index (χ0n) is 34.9. The Morgan fingerprint density at radius 1 is 0.619 bits per heavy atom. The minimum Gasteiger partial charge on any atom is -0.377 e. The first-order valence-corrected chi connectivity index (χ1v) is 22.5. The second-order valence-electron chi connectivity index (χ2n) is 17.6. The summed E-state index contributed by atoms with van der Waals surface area (Å²) in [7, 11) is 0. The van der Waals surface area contributed by atoms with Crippen molar-refractivity contribution in [1.29, 1.82) is 0 Å². The van der Waals surface area contributed by atoms with Crippen LogP contribution in [0.25, 0.3) is 55.9 Å². The van der Waals surface area contributed by atoms with E-state index < -0.39 is 5.41 Å². The largest absolute Gasteiger partial charge is 0.377 e. The Hall–Kier alpha value is -7.54. The van der Waals surface area contributed by atoms with Crippen LogP contribution in [0.1, 0.15) is 77.4 Å². The van der Waals surface area contributed by atoms with Crippen molar-refractivity contribution in [2.24, 2.45) is 5.92 Å². The van der Waals surface area contributed by atoms with Crippen molar-refractivity contribution < 1.29 is 0 Å². The van der Waals surface area contributed by atoms with Crippen molar-refractivity contribution in [2.45, 2.75) is 43.6 Å². The highest BCUT2D eigenvalue weighted by Gasteiger charge is 2.56. The summed E-state index contributed by atoms with van der Waals surface area (Å²) in [6.45, 7) is 0. The predicted octanol–water partition coefficient (Wildman–Crippen LogP) is 14.4. The standard InChI is InChI=1S/C60H43N3/c1-4-19-38(20-5-1)57-53(58(39-21-6-2-7-22-39)63-59(62-57)40-23-8-3-9-24-40)41-25-18-26-42(37-41)56-47-35-36-51-55(54(47)46-30-13-17-34-52(46)61-56)45-29-12-16-33-50(45)60(51)48-31-14-10-27-43(48)44-28-11-15-32-49(44)60/h1-8,10-14,17-23,25-31,34-36,42,56,61H,9,16,24,33,37H2. The third-order valence-corrected chi connectivity index (χ3v) is 14.3. The van der Waals surface area contributed by atoms with Crippen LogP contribution in [0.3, 0.4) is 0 Å². The third kappa shape index (κ3) is 5.34. The van der Waals surface area contributed by atoms with Crippen molar-refractivity contribution in [1.82, 2.24) is 9.97 Å². The molecule has 1 aliphatic heterocycles. The molecule has 1 N–H and O–H groups in total. The van der Waals surface area contributed by atoms with Gasteiger partial charge in [-0.1, -0.05) is 175 Å². The van der Waals surface area contributed by atoms with E-state index >= 15 is 0 Å². The monoisotopic (exact) mass is 805 g/mol. The van der Waals surface area contributed by atoms with Crippen molar-refractivity contribution in [3.05, 3.63) is 244 Å². The smallest absolute Gasteiger partial charge is 0.156 e. The third-order valence-electron chi connectivity index (χ3n) is 14.3. The fraction of sp³-hybridized carbons (Fsp3) is 0.133. The number of nitrogens with one attached hydrogen (secondary N) is 1. The van der Waals surface area contributed by atoms with Crippen molar-refractivity contribution >= 4 is 28.0 Å². The molecule has 3 nitrogen and oxygen atoms in total. The van der Waals surface area contributed by atoms with Crippen LogP contribution in [0.4, 0.5) is 5.69 Å². The second-order valence-corrected chi connectivity index (χ2v) is 17.6. The van der Waals surface area contributed by atoms with E-state index in [1.165, 1.54) is 78.1 Å². The summed E-state index contributed by atoms with van der Waals surface area (Å²) >= 11 is 0. The van der Waals surface area contributed by atoms with Gasteiger partial charge in [-0.3, -0.25) is 0 Å². The number of anilines is 1. The van der Waals surface area contributed by atoms with Gasteiger partial charge in [0.1, 0.15) is 0 Å². The Bertz CT molecular complexity index is 3240. The van der Waals surface area contributed by atoms with Crippen molar-refractivity contribution in [2.75, 3.05) is 5.32 Å². The van der Waals surface area contributed by atoms with Crippen LogP contribution >= 0.6 is 0 Å². The maximum absolute atomic E-state index is 5.47. The van der Waals surface area contributed by atoms with E-state index in [0.29, 0.717) is 0 Å². The number of allylic oxidation sites excluding steroid dienone is 15. The molecule has 6 aliphatic carbocycles. The molecule has 0 saturated heterocycles. The first-order valence-electron chi connectivity index (χ1n) is 22.5. The minimum atomic E-state index is -0.401. The number of fused-ring (bicyclic) bond motifs is 13. The number of rotatable bonds is 5. The SMILES string of the molecule is C1=C=C2C(=CC=1)c1ccccc1C21C2=C(C=CCC2)c2c1ccc1c2-c2ccccc2NC1C1C=CC=C(c2c(-c3ccccc3)nc(C3=CC=CCC3)nc2-c2ccccc2)C1. The molecule has 3 heteroatoms.